The Kier molecular flexibility index (Phi) is 4.09. The van der Waals surface area contributed by atoms with Gasteiger partial charge in [0.05, 0.1) is 0 Å². The fraction of sp³-hybridized carbons (Fsp3) is 0.625. The molecular formula is C16H24O. The Morgan fingerprint density at radius 1 is 1.18 bits per heavy atom. The van der Waals surface area contributed by atoms with Crippen molar-refractivity contribution in [3.05, 3.63) is 29.8 Å². The lowest BCUT2D eigenvalue weighted by atomic mass is 9.71. The van der Waals surface area contributed by atoms with E-state index in [4.69, 9.17) is 0 Å². The Balaban J connectivity index is 2.01. The van der Waals surface area contributed by atoms with Gasteiger partial charge in [0, 0.05) is 0 Å². The lowest BCUT2D eigenvalue weighted by Crippen LogP contribution is -2.21. The number of rotatable bonds is 3. The van der Waals surface area contributed by atoms with Crippen LogP contribution in [0.1, 0.15) is 57.4 Å². The van der Waals surface area contributed by atoms with Gasteiger partial charge in [-0.05, 0) is 54.7 Å². The number of phenolic OH excluding ortho intramolecular Hbond substituents is 1. The molecule has 3 atom stereocenters. The third-order valence-corrected chi connectivity index (χ3v) is 4.30. The summed E-state index contributed by atoms with van der Waals surface area (Å²) in [4.78, 5) is 0. The van der Waals surface area contributed by atoms with Crippen LogP contribution < -0.4 is 0 Å². The average Bonchev–Trinajstić information content (AvgIpc) is 2.31. The summed E-state index contributed by atoms with van der Waals surface area (Å²) in [7, 11) is 0. The second kappa shape index (κ2) is 5.57. The molecule has 0 aromatic heterocycles. The summed E-state index contributed by atoms with van der Waals surface area (Å²) >= 11 is 0. The Bertz CT molecular complexity index is 341. The molecule has 2 rings (SSSR count). The van der Waals surface area contributed by atoms with Crippen LogP contribution in [-0.2, 0) is 0 Å². The van der Waals surface area contributed by atoms with Crippen molar-refractivity contribution in [2.24, 2.45) is 11.8 Å². The fourth-order valence-corrected chi connectivity index (χ4v) is 3.39. The third kappa shape index (κ3) is 3.02. The van der Waals surface area contributed by atoms with Gasteiger partial charge < -0.3 is 5.11 Å². The SMILES string of the molecule is CCCC1CCC(c2ccc(O)cc2)C(C)C1. The quantitative estimate of drug-likeness (QED) is 0.800. The lowest BCUT2D eigenvalue weighted by Gasteiger charge is -2.34. The molecule has 0 heterocycles. The first-order valence-electron chi connectivity index (χ1n) is 6.99. The Morgan fingerprint density at radius 2 is 1.88 bits per heavy atom. The fourth-order valence-electron chi connectivity index (χ4n) is 3.39. The molecule has 17 heavy (non-hydrogen) atoms. The molecule has 0 saturated heterocycles. The molecule has 1 saturated carbocycles. The second-order valence-corrected chi connectivity index (χ2v) is 5.64. The maximum atomic E-state index is 9.33. The van der Waals surface area contributed by atoms with Crippen LogP contribution in [0.5, 0.6) is 5.75 Å². The Morgan fingerprint density at radius 3 is 2.47 bits per heavy atom. The maximum absolute atomic E-state index is 9.33. The molecule has 1 nitrogen and oxygen atoms in total. The maximum Gasteiger partial charge on any atom is 0.115 e. The molecule has 0 bridgehead atoms. The Labute approximate surface area is 105 Å². The first kappa shape index (κ1) is 12.5. The number of hydrogen-bond donors (Lipinski definition) is 1. The highest BCUT2D eigenvalue weighted by Crippen LogP contribution is 2.41. The van der Waals surface area contributed by atoms with Crippen molar-refractivity contribution in [1.29, 1.82) is 0 Å². The molecule has 1 aliphatic carbocycles. The number of benzene rings is 1. The predicted molar refractivity (Wildman–Crippen MR) is 72.3 cm³/mol. The van der Waals surface area contributed by atoms with Crippen LogP contribution in [-0.4, -0.2) is 5.11 Å². The number of phenols is 1. The summed E-state index contributed by atoms with van der Waals surface area (Å²) in [5.41, 5.74) is 1.41. The first-order chi connectivity index (χ1) is 8.20. The van der Waals surface area contributed by atoms with E-state index in [1.165, 1.54) is 37.7 Å². The van der Waals surface area contributed by atoms with Crippen molar-refractivity contribution in [2.75, 3.05) is 0 Å². The molecule has 0 aliphatic heterocycles. The molecule has 1 N–H and O–H groups in total. The third-order valence-electron chi connectivity index (χ3n) is 4.30. The van der Waals surface area contributed by atoms with Gasteiger partial charge in [-0.2, -0.15) is 0 Å². The summed E-state index contributed by atoms with van der Waals surface area (Å²) in [6, 6.07) is 7.83. The van der Waals surface area contributed by atoms with Crippen molar-refractivity contribution in [3.63, 3.8) is 0 Å². The summed E-state index contributed by atoms with van der Waals surface area (Å²) < 4.78 is 0. The summed E-state index contributed by atoms with van der Waals surface area (Å²) in [5, 5.41) is 9.33. The molecule has 94 valence electrons. The van der Waals surface area contributed by atoms with Crippen LogP contribution in [0, 0.1) is 11.8 Å². The van der Waals surface area contributed by atoms with Crippen molar-refractivity contribution < 1.29 is 5.11 Å². The van der Waals surface area contributed by atoms with Crippen molar-refractivity contribution in [2.45, 2.75) is 51.9 Å². The summed E-state index contributed by atoms with van der Waals surface area (Å²) in [5.74, 6) is 2.80. The molecular weight excluding hydrogens is 208 g/mol. The monoisotopic (exact) mass is 232 g/mol. The zero-order valence-electron chi connectivity index (χ0n) is 11.0. The molecule has 0 radical (unpaired) electrons. The van der Waals surface area contributed by atoms with Crippen molar-refractivity contribution >= 4 is 0 Å². The molecule has 0 spiro atoms. The van der Waals surface area contributed by atoms with Gasteiger partial charge in [-0.3, -0.25) is 0 Å². The highest BCUT2D eigenvalue weighted by atomic mass is 16.3. The van der Waals surface area contributed by atoms with Gasteiger partial charge in [0.2, 0.25) is 0 Å². The van der Waals surface area contributed by atoms with E-state index in [-0.39, 0.29) is 0 Å². The molecule has 1 fully saturated rings. The molecule has 1 aliphatic rings. The normalized spacial score (nSPS) is 29.2. The summed E-state index contributed by atoms with van der Waals surface area (Å²) in [6.45, 7) is 4.68. The highest BCUT2D eigenvalue weighted by Gasteiger charge is 2.27. The topological polar surface area (TPSA) is 20.2 Å². The van der Waals surface area contributed by atoms with E-state index in [9.17, 15) is 5.11 Å². The van der Waals surface area contributed by atoms with Gasteiger partial charge in [0.1, 0.15) is 5.75 Å². The molecule has 0 amide bonds. The lowest BCUT2D eigenvalue weighted by molar-refractivity contribution is 0.235. The molecule has 1 heteroatoms. The minimum absolute atomic E-state index is 0.376. The van der Waals surface area contributed by atoms with Crippen LogP contribution in [0.2, 0.25) is 0 Å². The standard InChI is InChI=1S/C16H24O/c1-3-4-13-5-10-16(12(2)11-13)14-6-8-15(17)9-7-14/h6-9,12-13,16-17H,3-5,10-11H2,1-2H3. The van der Waals surface area contributed by atoms with E-state index in [0.29, 0.717) is 11.7 Å². The van der Waals surface area contributed by atoms with Gasteiger partial charge in [0.25, 0.3) is 0 Å². The van der Waals surface area contributed by atoms with Gasteiger partial charge in [-0.25, -0.2) is 0 Å². The predicted octanol–water partition coefficient (Wildman–Crippen LogP) is 4.71. The average molecular weight is 232 g/mol. The van der Waals surface area contributed by atoms with Crippen LogP contribution in [0.4, 0.5) is 0 Å². The Hall–Kier alpha value is -0.980. The van der Waals surface area contributed by atoms with Gasteiger partial charge in [0.15, 0.2) is 0 Å². The van der Waals surface area contributed by atoms with E-state index >= 15 is 0 Å². The number of hydrogen-bond acceptors (Lipinski definition) is 1. The van der Waals surface area contributed by atoms with Crippen LogP contribution in [0.25, 0.3) is 0 Å². The van der Waals surface area contributed by atoms with E-state index in [2.05, 4.69) is 26.0 Å². The zero-order valence-corrected chi connectivity index (χ0v) is 11.0. The zero-order chi connectivity index (χ0) is 12.3. The molecule has 1 aromatic rings. The molecule has 3 unspecified atom stereocenters. The van der Waals surface area contributed by atoms with E-state index in [0.717, 1.165) is 11.8 Å². The highest BCUT2D eigenvalue weighted by molar-refractivity contribution is 5.29. The minimum atomic E-state index is 0.376. The van der Waals surface area contributed by atoms with Gasteiger partial charge in [-0.15, -0.1) is 0 Å². The number of aromatic hydroxyl groups is 1. The van der Waals surface area contributed by atoms with Crippen LogP contribution in [0.15, 0.2) is 24.3 Å². The van der Waals surface area contributed by atoms with E-state index in [1.54, 1.807) is 0 Å². The minimum Gasteiger partial charge on any atom is -0.508 e. The van der Waals surface area contributed by atoms with Gasteiger partial charge in [-0.1, -0.05) is 38.8 Å². The molecule has 1 aromatic carbocycles. The first-order valence-corrected chi connectivity index (χ1v) is 6.99. The summed E-state index contributed by atoms with van der Waals surface area (Å²) in [6.07, 6.45) is 6.79. The van der Waals surface area contributed by atoms with Gasteiger partial charge >= 0.3 is 0 Å². The smallest absolute Gasteiger partial charge is 0.115 e. The van der Waals surface area contributed by atoms with Crippen LogP contribution in [0.3, 0.4) is 0 Å². The van der Waals surface area contributed by atoms with Crippen LogP contribution >= 0.6 is 0 Å². The van der Waals surface area contributed by atoms with E-state index < -0.39 is 0 Å². The second-order valence-electron chi connectivity index (χ2n) is 5.64. The van der Waals surface area contributed by atoms with Crippen molar-refractivity contribution in [1.82, 2.24) is 0 Å². The van der Waals surface area contributed by atoms with E-state index in [1.807, 2.05) is 12.1 Å². The largest absolute Gasteiger partial charge is 0.508 e. The van der Waals surface area contributed by atoms with Crippen molar-refractivity contribution in [3.8, 4) is 5.75 Å².